The number of hydrogen-bond donors (Lipinski definition) is 1. The number of fused-ring (bicyclic) bond motifs is 4. The second-order valence-electron chi connectivity index (χ2n) is 10.3. The molecule has 1 aliphatic heterocycles. The van der Waals surface area contributed by atoms with Gasteiger partial charge in [0.1, 0.15) is 5.82 Å². The Morgan fingerprint density at radius 3 is 2.71 bits per heavy atom. The third-order valence-electron chi connectivity index (χ3n) is 7.57. The Morgan fingerprint density at radius 2 is 1.93 bits per heavy atom. The van der Waals surface area contributed by atoms with E-state index in [1.54, 1.807) is 42.3 Å². The van der Waals surface area contributed by atoms with Crippen LogP contribution in [0.25, 0.3) is 28.2 Å². The van der Waals surface area contributed by atoms with Crippen molar-refractivity contribution in [1.29, 1.82) is 0 Å². The average molecular weight is 554 g/mol. The summed E-state index contributed by atoms with van der Waals surface area (Å²) in [5.41, 5.74) is 3.70. The first-order valence-corrected chi connectivity index (χ1v) is 13.4. The van der Waals surface area contributed by atoms with Crippen LogP contribution in [-0.4, -0.2) is 45.2 Å². The highest BCUT2D eigenvalue weighted by Gasteiger charge is 2.25. The van der Waals surface area contributed by atoms with E-state index in [0.717, 1.165) is 11.3 Å². The van der Waals surface area contributed by atoms with Gasteiger partial charge in [0.05, 0.1) is 65.0 Å². The van der Waals surface area contributed by atoms with Gasteiger partial charge in [-0.3, -0.25) is 23.8 Å². The molecule has 2 atom stereocenters. The van der Waals surface area contributed by atoms with Gasteiger partial charge in [-0.15, -0.1) is 5.10 Å². The van der Waals surface area contributed by atoms with E-state index in [4.69, 9.17) is 0 Å². The van der Waals surface area contributed by atoms with Crippen LogP contribution in [0.5, 0.6) is 0 Å². The van der Waals surface area contributed by atoms with Crippen molar-refractivity contribution in [2.45, 2.75) is 39.2 Å². The highest BCUT2D eigenvalue weighted by molar-refractivity contribution is 5.95. The van der Waals surface area contributed by atoms with E-state index in [2.05, 4.69) is 30.7 Å². The Labute approximate surface area is 234 Å². The number of amides is 1. The van der Waals surface area contributed by atoms with Crippen LogP contribution in [0.3, 0.4) is 0 Å². The van der Waals surface area contributed by atoms with Gasteiger partial charge in [0.2, 0.25) is 5.91 Å². The van der Waals surface area contributed by atoms with Crippen molar-refractivity contribution in [3.05, 3.63) is 88.9 Å². The Kier molecular flexibility index (Phi) is 6.73. The van der Waals surface area contributed by atoms with Crippen molar-refractivity contribution in [2.24, 2.45) is 13.0 Å². The maximum Gasteiger partial charge on any atom is 0.254 e. The van der Waals surface area contributed by atoms with Gasteiger partial charge in [-0.1, -0.05) is 24.6 Å². The average Bonchev–Trinajstić information content (AvgIpc) is 3.62. The number of benzene rings is 1. The fourth-order valence-electron chi connectivity index (χ4n) is 5.31. The summed E-state index contributed by atoms with van der Waals surface area (Å²) >= 11 is 0. The molecule has 0 spiro atoms. The summed E-state index contributed by atoms with van der Waals surface area (Å²) in [5, 5.41) is 15.2. The highest BCUT2D eigenvalue weighted by atomic mass is 19.1. The van der Waals surface area contributed by atoms with Crippen LogP contribution < -0.4 is 10.9 Å². The summed E-state index contributed by atoms with van der Waals surface area (Å²) in [4.78, 5) is 35.7. The largest absolute Gasteiger partial charge is 0.323 e. The van der Waals surface area contributed by atoms with Crippen molar-refractivity contribution in [1.82, 2.24) is 39.3 Å². The fourth-order valence-corrected chi connectivity index (χ4v) is 5.31. The molecule has 0 saturated carbocycles. The Bertz CT molecular complexity index is 1810. The van der Waals surface area contributed by atoms with Gasteiger partial charge >= 0.3 is 0 Å². The van der Waals surface area contributed by atoms with Gasteiger partial charge in [0.25, 0.3) is 5.56 Å². The minimum absolute atomic E-state index is 0.0859. The lowest BCUT2D eigenvalue weighted by molar-refractivity contribution is -0.119. The number of carbonyl (C=O) groups excluding carboxylic acids is 1. The lowest BCUT2D eigenvalue weighted by atomic mass is 9.97. The van der Waals surface area contributed by atoms with Gasteiger partial charge in [-0.05, 0) is 43.5 Å². The summed E-state index contributed by atoms with van der Waals surface area (Å²) in [7, 11) is 1.81. The molecular formula is C29H28FN9O2. The molecule has 6 rings (SSSR count). The third kappa shape index (κ3) is 4.81. The van der Waals surface area contributed by atoms with Gasteiger partial charge in [-0.2, -0.15) is 5.10 Å². The quantitative estimate of drug-likeness (QED) is 0.357. The number of rotatable bonds is 3. The zero-order valence-corrected chi connectivity index (χ0v) is 22.8. The predicted molar refractivity (Wildman–Crippen MR) is 150 cm³/mol. The molecule has 5 heterocycles. The van der Waals surface area contributed by atoms with Gasteiger partial charge < -0.3 is 5.32 Å². The van der Waals surface area contributed by atoms with E-state index in [1.165, 1.54) is 27.8 Å². The topological polar surface area (TPSA) is 125 Å². The van der Waals surface area contributed by atoms with E-state index < -0.39 is 11.9 Å². The van der Waals surface area contributed by atoms with Crippen LogP contribution in [0.1, 0.15) is 43.5 Å². The molecule has 1 aromatic carbocycles. The molecule has 2 bridgehead atoms. The first-order chi connectivity index (χ1) is 19.8. The predicted octanol–water partition coefficient (Wildman–Crippen LogP) is 4.08. The lowest BCUT2D eigenvalue weighted by Crippen LogP contribution is -2.27. The maximum absolute atomic E-state index is 15.5. The van der Waals surface area contributed by atoms with Crippen LogP contribution in [0.4, 0.5) is 10.1 Å². The SMILES string of the molecule is Cc1ccc(-n2ccnn2)c(-c2cc(=O)n([C@H]3CCC[C@@H](C)C(=O)Nc4cnn(C)c4-c4ccnc3c4)cn2)c1F. The summed E-state index contributed by atoms with van der Waals surface area (Å²) in [6, 6.07) is 8.02. The number of nitrogens with zero attached hydrogens (tertiary/aromatic N) is 8. The molecule has 1 aliphatic rings. The van der Waals surface area contributed by atoms with Crippen molar-refractivity contribution < 1.29 is 9.18 Å². The maximum atomic E-state index is 15.5. The van der Waals surface area contributed by atoms with Crippen LogP contribution in [-0.2, 0) is 11.8 Å². The number of nitrogens with one attached hydrogen (secondary N) is 1. The summed E-state index contributed by atoms with van der Waals surface area (Å²) < 4.78 is 20.1. The molecule has 12 heteroatoms. The third-order valence-corrected chi connectivity index (χ3v) is 7.57. The molecule has 208 valence electrons. The number of carbonyl (C=O) groups is 1. The monoisotopic (exact) mass is 553 g/mol. The smallest absolute Gasteiger partial charge is 0.254 e. The molecule has 0 aliphatic carbocycles. The molecule has 41 heavy (non-hydrogen) atoms. The summed E-state index contributed by atoms with van der Waals surface area (Å²) in [5.74, 6) is -0.814. The first kappa shape index (κ1) is 26.2. The first-order valence-electron chi connectivity index (χ1n) is 13.4. The molecular weight excluding hydrogens is 525 g/mol. The van der Waals surface area contributed by atoms with E-state index in [0.29, 0.717) is 41.9 Å². The van der Waals surface area contributed by atoms with Crippen molar-refractivity contribution in [2.75, 3.05) is 5.32 Å². The lowest BCUT2D eigenvalue weighted by Gasteiger charge is -2.22. The molecule has 1 N–H and O–H groups in total. The Balaban J connectivity index is 1.46. The molecule has 5 aromatic rings. The zero-order valence-electron chi connectivity index (χ0n) is 22.8. The minimum Gasteiger partial charge on any atom is -0.323 e. The minimum atomic E-state index is -0.484. The summed E-state index contributed by atoms with van der Waals surface area (Å²) in [6.07, 6.45) is 9.70. The molecule has 1 amide bonds. The number of anilines is 1. The number of aromatic nitrogens is 8. The standard InChI is InChI=1S/C29H28FN9O2/c1-17-7-8-24(39-12-11-33-36-39)26(27(17)30)21-14-25(40)38(16-32-21)23-6-4-5-18(2)29(41)35-22-15-34-37(3)28(22)19-9-10-31-20(23)13-19/h7-16,18,23H,4-6H2,1-3H3,(H,35,41)/t18-,23+/m1/s1. The number of aryl methyl sites for hydroxylation is 2. The zero-order chi connectivity index (χ0) is 28.7. The van der Waals surface area contributed by atoms with Gasteiger partial charge in [0, 0.05) is 30.8 Å². The number of halogens is 1. The Morgan fingerprint density at radius 1 is 1.07 bits per heavy atom. The molecule has 0 saturated heterocycles. The number of hydrogen-bond acceptors (Lipinski definition) is 7. The number of pyridine rings is 1. The molecule has 0 unspecified atom stereocenters. The molecule has 11 nitrogen and oxygen atoms in total. The normalized spacial score (nSPS) is 17.3. The van der Waals surface area contributed by atoms with Crippen LogP contribution in [0, 0.1) is 18.7 Å². The molecule has 0 fully saturated rings. The van der Waals surface area contributed by atoms with E-state index in [-0.39, 0.29) is 28.6 Å². The van der Waals surface area contributed by atoms with Crippen molar-refractivity contribution in [3.63, 3.8) is 0 Å². The summed E-state index contributed by atoms with van der Waals surface area (Å²) in [6.45, 7) is 3.54. The fraction of sp³-hybridized carbons (Fsp3) is 0.276. The van der Waals surface area contributed by atoms with Crippen LogP contribution >= 0.6 is 0 Å². The highest BCUT2D eigenvalue weighted by Crippen LogP contribution is 2.33. The molecule has 4 aromatic heterocycles. The second-order valence-corrected chi connectivity index (χ2v) is 10.3. The second kappa shape index (κ2) is 10.5. The van der Waals surface area contributed by atoms with Crippen molar-refractivity contribution >= 4 is 11.6 Å². The van der Waals surface area contributed by atoms with E-state index in [9.17, 15) is 9.59 Å². The van der Waals surface area contributed by atoms with Gasteiger partial charge in [-0.25, -0.2) is 14.1 Å². The van der Waals surface area contributed by atoms with E-state index >= 15 is 4.39 Å². The Hall–Kier alpha value is -5.00. The van der Waals surface area contributed by atoms with Crippen molar-refractivity contribution in [3.8, 4) is 28.2 Å². The van der Waals surface area contributed by atoms with Crippen LogP contribution in [0.2, 0.25) is 0 Å². The molecule has 0 radical (unpaired) electrons. The van der Waals surface area contributed by atoms with E-state index in [1.807, 2.05) is 26.1 Å². The van der Waals surface area contributed by atoms with Gasteiger partial charge in [0.15, 0.2) is 0 Å². The van der Waals surface area contributed by atoms with Crippen LogP contribution in [0.15, 0.2) is 66.2 Å².